The van der Waals surface area contributed by atoms with Crippen LogP contribution in [0.15, 0.2) is 28.7 Å². The summed E-state index contributed by atoms with van der Waals surface area (Å²) in [6.07, 6.45) is 0. The number of carbonyl (C=O) groups excluding carboxylic acids is 3. The van der Waals surface area contributed by atoms with Gasteiger partial charge in [0.15, 0.2) is 0 Å². The Labute approximate surface area is 189 Å². The van der Waals surface area contributed by atoms with E-state index in [-0.39, 0.29) is 35.7 Å². The van der Waals surface area contributed by atoms with Crippen LogP contribution in [0.4, 0.5) is 0 Å². The maximum absolute atomic E-state index is 13.3. The molecule has 0 radical (unpaired) electrons. The number of halogens is 1. The lowest BCUT2D eigenvalue weighted by Gasteiger charge is -2.40. The number of piperazine rings is 1. The summed E-state index contributed by atoms with van der Waals surface area (Å²) in [6.45, 7) is 8.18. The van der Waals surface area contributed by atoms with Crippen LogP contribution in [0.3, 0.4) is 0 Å². The average molecular weight is 489 g/mol. The smallest absolute Gasteiger partial charge is 0.342 e. The molecule has 0 spiro atoms. The summed E-state index contributed by atoms with van der Waals surface area (Å²) in [4.78, 5) is 50.6. The molecule has 0 N–H and O–H groups in total. The molecule has 0 bridgehead atoms. The van der Waals surface area contributed by atoms with E-state index in [1.807, 2.05) is 25.1 Å². The van der Waals surface area contributed by atoms with Gasteiger partial charge in [0.1, 0.15) is 17.1 Å². The summed E-state index contributed by atoms with van der Waals surface area (Å²) in [5, 5.41) is 0. The zero-order chi connectivity index (χ0) is 22.7. The Hall–Kier alpha value is -2.81. The summed E-state index contributed by atoms with van der Waals surface area (Å²) >= 11 is 3.43. The number of benzene rings is 1. The van der Waals surface area contributed by atoms with E-state index in [0.717, 1.165) is 4.47 Å². The molecule has 1 atom stereocenters. The third-order valence-corrected chi connectivity index (χ3v) is 5.86. The van der Waals surface area contributed by atoms with Crippen LogP contribution in [0, 0.1) is 13.8 Å². The fraction of sp³-hybridized carbons (Fsp3) is 0.409. The molecule has 2 amide bonds. The van der Waals surface area contributed by atoms with E-state index in [2.05, 4.69) is 25.9 Å². The molecular weight excluding hydrogens is 464 g/mol. The molecule has 0 saturated carbocycles. The minimum Gasteiger partial charge on any atom is -0.462 e. The Kier molecular flexibility index (Phi) is 7.04. The second-order valence-corrected chi connectivity index (χ2v) is 8.23. The van der Waals surface area contributed by atoms with Crippen LogP contribution in [0.25, 0.3) is 0 Å². The first-order chi connectivity index (χ1) is 14.7. The van der Waals surface area contributed by atoms with Crippen molar-refractivity contribution in [1.82, 2.24) is 19.8 Å². The van der Waals surface area contributed by atoms with Crippen molar-refractivity contribution in [2.24, 2.45) is 0 Å². The van der Waals surface area contributed by atoms with Crippen molar-refractivity contribution in [2.45, 2.75) is 33.7 Å². The molecular formula is C22H25BrN4O4. The van der Waals surface area contributed by atoms with E-state index >= 15 is 0 Å². The van der Waals surface area contributed by atoms with Crippen molar-refractivity contribution in [3.05, 3.63) is 57.1 Å². The van der Waals surface area contributed by atoms with Gasteiger partial charge in [-0.05, 0) is 55.8 Å². The predicted octanol–water partition coefficient (Wildman–Crippen LogP) is 3.02. The number of hydrogen-bond donors (Lipinski definition) is 0. The highest BCUT2D eigenvalue weighted by Gasteiger charge is 2.34. The first-order valence-corrected chi connectivity index (χ1v) is 10.9. The molecule has 8 nitrogen and oxygen atoms in total. The van der Waals surface area contributed by atoms with Gasteiger partial charge in [-0.3, -0.25) is 9.59 Å². The monoisotopic (exact) mass is 488 g/mol. The lowest BCUT2D eigenvalue weighted by molar-refractivity contribution is 0.0405. The first-order valence-electron chi connectivity index (χ1n) is 10.1. The molecule has 2 heterocycles. The number of amides is 2. The molecule has 1 saturated heterocycles. The van der Waals surface area contributed by atoms with Crippen molar-refractivity contribution < 1.29 is 19.1 Å². The second kappa shape index (κ2) is 9.55. The van der Waals surface area contributed by atoms with E-state index in [1.165, 1.54) is 0 Å². The highest BCUT2D eigenvalue weighted by atomic mass is 79.9. The zero-order valence-electron chi connectivity index (χ0n) is 18.0. The lowest BCUT2D eigenvalue weighted by Crippen LogP contribution is -2.55. The summed E-state index contributed by atoms with van der Waals surface area (Å²) < 4.78 is 5.84. The number of rotatable bonds is 4. The number of carbonyl (C=O) groups is 3. The van der Waals surface area contributed by atoms with Gasteiger partial charge < -0.3 is 14.5 Å². The van der Waals surface area contributed by atoms with Gasteiger partial charge in [0.2, 0.25) is 0 Å². The van der Waals surface area contributed by atoms with Crippen LogP contribution in [-0.4, -0.2) is 69.8 Å². The molecule has 2 aromatic rings. The fourth-order valence-electron chi connectivity index (χ4n) is 3.70. The van der Waals surface area contributed by atoms with E-state index in [9.17, 15) is 14.4 Å². The van der Waals surface area contributed by atoms with Crippen LogP contribution < -0.4 is 0 Å². The Bertz CT molecular complexity index is 1030. The van der Waals surface area contributed by atoms with Crippen molar-refractivity contribution in [3.63, 3.8) is 0 Å². The van der Waals surface area contributed by atoms with E-state index in [1.54, 1.807) is 36.6 Å². The molecule has 164 valence electrons. The third-order valence-electron chi connectivity index (χ3n) is 5.16. The standard InChI is InChI=1S/C22H25BrN4O4/c1-5-31-22(30)18-14(3)24-15(4)25-19(18)21(29)26-10-11-27(13(2)12-26)20(28)16-8-6-7-9-17(16)23/h6-9,13H,5,10-12H2,1-4H3. The second-order valence-electron chi connectivity index (χ2n) is 7.38. The van der Waals surface area contributed by atoms with Crippen molar-refractivity contribution in [2.75, 3.05) is 26.2 Å². The molecule has 31 heavy (non-hydrogen) atoms. The summed E-state index contributed by atoms with van der Waals surface area (Å²) in [5.74, 6) is -0.659. The van der Waals surface area contributed by atoms with Gasteiger partial charge in [0, 0.05) is 30.1 Å². The highest BCUT2D eigenvalue weighted by molar-refractivity contribution is 9.10. The Morgan fingerprint density at radius 1 is 1.13 bits per heavy atom. The SMILES string of the molecule is CCOC(=O)c1c(C)nc(C)nc1C(=O)N1CCN(C(=O)c2ccccc2Br)C(C)C1. The molecule has 1 aliphatic heterocycles. The van der Waals surface area contributed by atoms with Gasteiger partial charge in [-0.2, -0.15) is 0 Å². The Morgan fingerprint density at radius 3 is 2.48 bits per heavy atom. The Morgan fingerprint density at radius 2 is 1.84 bits per heavy atom. The van der Waals surface area contributed by atoms with Gasteiger partial charge in [-0.25, -0.2) is 14.8 Å². The van der Waals surface area contributed by atoms with Crippen LogP contribution in [-0.2, 0) is 4.74 Å². The maximum atomic E-state index is 13.3. The average Bonchev–Trinajstić information content (AvgIpc) is 2.72. The fourth-order valence-corrected chi connectivity index (χ4v) is 4.15. The predicted molar refractivity (Wildman–Crippen MR) is 118 cm³/mol. The summed E-state index contributed by atoms with van der Waals surface area (Å²) in [6, 6.07) is 7.07. The van der Waals surface area contributed by atoms with Crippen molar-refractivity contribution in [3.8, 4) is 0 Å². The molecule has 1 aromatic carbocycles. The van der Waals surface area contributed by atoms with Crippen molar-refractivity contribution >= 4 is 33.7 Å². The van der Waals surface area contributed by atoms with Crippen molar-refractivity contribution in [1.29, 1.82) is 0 Å². The van der Waals surface area contributed by atoms with Gasteiger partial charge in [0.05, 0.1) is 17.9 Å². The number of aryl methyl sites for hydroxylation is 2. The van der Waals surface area contributed by atoms with E-state index < -0.39 is 5.97 Å². The van der Waals surface area contributed by atoms with Crippen LogP contribution >= 0.6 is 15.9 Å². The van der Waals surface area contributed by atoms with Gasteiger partial charge in [0.25, 0.3) is 11.8 Å². The molecule has 1 aliphatic rings. The molecule has 3 rings (SSSR count). The molecule has 1 aromatic heterocycles. The minimum atomic E-state index is -0.612. The quantitative estimate of drug-likeness (QED) is 0.614. The van der Waals surface area contributed by atoms with Crippen LogP contribution in [0.5, 0.6) is 0 Å². The van der Waals surface area contributed by atoms with Gasteiger partial charge >= 0.3 is 5.97 Å². The molecule has 1 fully saturated rings. The van der Waals surface area contributed by atoms with Gasteiger partial charge in [-0.1, -0.05) is 12.1 Å². The van der Waals surface area contributed by atoms with E-state index in [4.69, 9.17) is 4.74 Å². The normalized spacial score (nSPS) is 16.2. The lowest BCUT2D eigenvalue weighted by atomic mass is 10.1. The molecule has 1 unspecified atom stereocenters. The van der Waals surface area contributed by atoms with Crippen LogP contribution in [0.1, 0.15) is 56.6 Å². The maximum Gasteiger partial charge on any atom is 0.342 e. The first kappa shape index (κ1) is 22.9. The summed E-state index contributed by atoms with van der Waals surface area (Å²) in [5.41, 5.74) is 1.13. The minimum absolute atomic E-state index is 0.0428. The third kappa shape index (κ3) is 4.76. The number of aromatic nitrogens is 2. The number of hydrogen-bond acceptors (Lipinski definition) is 6. The molecule has 9 heteroatoms. The Balaban J connectivity index is 1.82. The highest BCUT2D eigenvalue weighted by Crippen LogP contribution is 2.22. The largest absolute Gasteiger partial charge is 0.462 e. The number of esters is 1. The van der Waals surface area contributed by atoms with Gasteiger partial charge in [-0.15, -0.1) is 0 Å². The topological polar surface area (TPSA) is 92.7 Å². The summed E-state index contributed by atoms with van der Waals surface area (Å²) in [7, 11) is 0. The zero-order valence-corrected chi connectivity index (χ0v) is 19.6. The van der Waals surface area contributed by atoms with Crippen LogP contribution in [0.2, 0.25) is 0 Å². The number of ether oxygens (including phenoxy) is 1. The molecule has 0 aliphatic carbocycles. The number of nitrogens with zero attached hydrogens (tertiary/aromatic N) is 4. The van der Waals surface area contributed by atoms with E-state index in [0.29, 0.717) is 36.7 Å².